The summed E-state index contributed by atoms with van der Waals surface area (Å²) >= 11 is 0. The number of aliphatic hydroxyl groups is 2. The van der Waals surface area contributed by atoms with E-state index in [4.69, 9.17) is 9.47 Å². The first kappa shape index (κ1) is 31.3. The summed E-state index contributed by atoms with van der Waals surface area (Å²) in [5.41, 5.74) is 2.13. The number of rotatable bonds is 14. The zero-order valence-electron chi connectivity index (χ0n) is 24.8. The van der Waals surface area contributed by atoms with Crippen molar-refractivity contribution in [3.8, 4) is 0 Å². The molecule has 0 aliphatic carbocycles. The van der Waals surface area contributed by atoms with Crippen LogP contribution in [0.5, 0.6) is 0 Å². The molecule has 6 nitrogen and oxygen atoms in total. The van der Waals surface area contributed by atoms with Crippen LogP contribution >= 0.6 is 0 Å². The minimum Gasteiger partial charge on any atom is -0.389 e. The molecule has 6 heteroatoms. The Bertz CT molecular complexity index is 1460. The van der Waals surface area contributed by atoms with E-state index in [-0.39, 0.29) is 0 Å². The Labute approximate surface area is 249 Å². The van der Waals surface area contributed by atoms with Gasteiger partial charge in [-0.2, -0.15) is 0 Å². The van der Waals surface area contributed by atoms with E-state index in [1.165, 1.54) is 32.3 Å². The van der Waals surface area contributed by atoms with Crippen molar-refractivity contribution in [2.75, 3.05) is 50.2 Å². The van der Waals surface area contributed by atoms with E-state index in [1.807, 2.05) is 48.5 Å². The van der Waals surface area contributed by atoms with Crippen LogP contribution in [-0.4, -0.2) is 61.9 Å². The van der Waals surface area contributed by atoms with Crippen LogP contribution in [0.15, 0.2) is 97.1 Å². The van der Waals surface area contributed by atoms with Gasteiger partial charge >= 0.3 is 0 Å². The van der Waals surface area contributed by atoms with E-state index >= 15 is 0 Å². The highest BCUT2D eigenvalue weighted by molar-refractivity contribution is 6.11. The second kappa shape index (κ2) is 16.7. The normalized spacial score (nSPS) is 12.6. The van der Waals surface area contributed by atoms with Crippen molar-refractivity contribution in [2.45, 2.75) is 38.9 Å². The standard InChI is InChI=1S/C20H23NO2.C16H21NO2/c1-2-11-23-14-17(22)13-21-20-18-9-5-3-7-15(18)12-16-8-4-6-10-19(16)20;1-2-10-19-12-14(18)11-17-16-9-5-7-13-6-3-4-8-15(13)16/h3-10,12,17,21-22H,2,11,13-14H2,1H3;3-9,14,17-18H,2,10-12H2,1H3. The maximum absolute atomic E-state index is 10.1. The molecule has 5 aromatic rings. The van der Waals surface area contributed by atoms with Gasteiger partial charge < -0.3 is 30.3 Å². The van der Waals surface area contributed by atoms with E-state index in [0.29, 0.717) is 39.5 Å². The largest absolute Gasteiger partial charge is 0.389 e. The first-order valence-corrected chi connectivity index (χ1v) is 15.0. The van der Waals surface area contributed by atoms with Crippen LogP contribution < -0.4 is 10.6 Å². The molecule has 0 bridgehead atoms. The highest BCUT2D eigenvalue weighted by Gasteiger charge is 2.10. The lowest BCUT2D eigenvalue weighted by molar-refractivity contribution is 0.0437. The molecule has 2 atom stereocenters. The number of anilines is 2. The minimum atomic E-state index is -0.515. The summed E-state index contributed by atoms with van der Waals surface area (Å²) in [4.78, 5) is 0. The average molecular weight is 569 g/mol. The lowest BCUT2D eigenvalue weighted by atomic mass is 10.0. The molecule has 0 saturated carbocycles. The van der Waals surface area contributed by atoms with Crippen LogP contribution in [0.3, 0.4) is 0 Å². The molecule has 42 heavy (non-hydrogen) atoms. The van der Waals surface area contributed by atoms with Crippen LogP contribution in [0.25, 0.3) is 32.3 Å². The summed E-state index contributed by atoms with van der Waals surface area (Å²) in [7, 11) is 0. The van der Waals surface area contributed by atoms with Gasteiger partial charge in [-0.1, -0.05) is 98.8 Å². The summed E-state index contributed by atoms with van der Waals surface area (Å²) in [6.07, 6.45) is 0.946. The Morgan fingerprint density at radius 1 is 0.571 bits per heavy atom. The molecule has 5 aromatic carbocycles. The average Bonchev–Trinajstić information content (AvgIpc) is 3.02. The number of ether oxygens (including phenoxy) is 2. The number of benzene rings is 5. The fourth-order valence-electron chi connectivity index (χ4n) is 4.88. The van der Waals surface area contributed by atoms with Crippen LogP contribution in [0.1, 0.15) is 26.7 Å². The molecule has 0 spiro atoms. The van der Waals surface area contributed by atoms with Gasteiger partial charge in [0, 0.05) is 53.8 Å². The molecule has 0 fully saturated rings. The van der Waals surface area contributed by atoms with E-state index in [0.717, 1.165) is 24.2 Å². The van der Waals surface area contributed by atoms with Gasteiger partial charge in [0.25, 0.3) is 0 Å². The molecule has 0 amide bonds. The van der Waals surface area contributed by atoms with Crippen LogP contribution in [0.4, 0.5) is 11.4 Å². The fraction of sp³-hybridized carbons (Fsp3) is 0.333. The van der Waals surface area contributed by atoms with Crippen LogP contribution in [0.2, 0.25) is 0 Å². The molecular formula is C36H44N2O4. The monoisotopic (exact) mass is 568 g/mol. The fourth-order valence-corrected chi connectivity index (χ4v) is 4.88. The summed E-state index contributed by atoms with van der Waals surface area (Å²) in [6.45, 7) is 7.22. The first-order valence-electron chi connectivity index (χ1n) is 15.0. The van der Waals surface area contributed by atoms with Crippen LogP contribution in [0, 0.1) is 0 Å². The maximum Gasteiger partial charge on any atom is 0.0945 e. The number of hydrogen-bond acceptors (Lipinski definition) is 6. The van der Waals surface area contributed by atoms with Crippen LogP contribution in [-0.2, 0) is 9.47 Å². The summed E-state index contributed by atoms with van der Waals surface area (Å²) < 4.78 is 10.7. The zero-order chi connectivity index (χ0) is 29.6. The van der Waals surface area contributed by atoms with Gasteiger partial charge in [-0.25, -0.2) is 0 Å². The number of fused-ring (bicyclic) bond motifs is 3. The van der Waals surface area contributed by atoms with Gasteiger partial charge in [-0.15, -0.1) is 0 Å². The van der Waals surface area contributed by atoms with Crippen molar-refractivity contribution in [1.82, 2.24) is 0 Å². The molecule has 0 heterocycles. The van der Waals surface area contributed by atoms with Gasteiger partial charge in [0.2, 0.25) is 0 Å². The smallest absolute Gasteiger partial charge is 0.0945 e. The van der Waals surface area contributed by atoms with E-state index < -0.39 is 12.2 Å². The third-order valence-electron chi connectivity index (χ3n) is 6.92. The maximum atomic E-state index is 10.1. The lowest BCUT2D eigenvalue weighted by Crippen LogP contribution is -2.25. The SMILES string of the molecule is CCCOCC(O)CNc1c2ccccc2cc2ccccc12.CCCOCC(O)CNc1cccc2ccccc12. The third-order valence-corrected chi connectivity index (χ3v) is 6.92. The highest BCUT2D eigenvalue weighted by Crippen LogP contribution is 2.32. The number of nitrogens with one attached hydrogen (secondary N) is 2. The summed E-state index contributed by atoms with van der Waals surface area (Å²) in [5.74, 6) is 0. The van der Waals surface area contributed by atoms with Crippen molar-refractivity contribution in [3.63, 3.8) is 0 Å². The molecule has 222 valence electrons. The van der Waals surface area contributed by atoms with Gasteiger partial charge in [0.15, 0.2) is 0 Å². The van der Waals surface area contributed by atoms with Gasteiger partial charge in [-0.05, 0) is 41.1 Å². The van der Waals surface area contributed by atoms with Gasteiger partial charge in [0.05, 0.1) is 25.4 Å². The molecule has 0 aromatic heterocycles. The van der Waals surface area contributed by atoms with Crippen molar-refractivity contribution < 1.29 is 19.7 Å². The highest BCUT2D eigenvalue weighted by atomic mass is 16.5. The second-order valence-electron chi connectivity index (χ2n) is 10.4. The van der Waals surface area contributed by atoms with E-state index in [9.17, 15) is 10.2 Å². The van der Waals surface area contributed by atoms with Gasteiger partial charge in [0.1, 0.15) is 0 Å². The van der Waals surface area contributed by atoms with E-state index in [1.54, 1.807) is 0 Å². The Kier molecular flexibility index (Phi) is 12.4. The molecule has 2 unspecified atom stereocenters. The lowest BCUT2D eigenvalue weighted by Gasteiger charge is -2.17. The second-order valence-corrected chi connectivity index (χ2v) is 10.4. The quantitative estimate of drug-likeness (QED) is 0.0836. The Morgan fingerprint density at radius 3 is 1.62 bits per heavy atom. The molecule has 4 N–H and O–H groups in total. The number of hydrogen-bond donors (Lipinski definition) is 4. The molecule has 0 aliphatic heterocycles. The van der Waals surface area contributed by atoms with Crippen molar-refractivity contribution >= 4 is 43.7 Å². The topological polar surface area (TPSA) is 83.0 Å². The van der Waals surface area contributed by atoms with Crippen molar-refractivity contribution in [2.24, 2.45) is 0 Å². The molecule has 0 aliphatic rings. The zero-order valence-corrected chi connectivity index (χ0v) is 24.8. The Hall–Kier alpha value is -3.68. The third kappa shape index (κ3) is 8.91. The predicted molar refractivity (Wildman–Crippen MR) is 177 cm³/mol. The molecular weight excluding hydrogens is 524 g/mol. The molecule has 0 saturated heterocycles. The Morgan fingerprint density at radius 2 is 1.05 bits per heavy atom. The Balaban J connectivity index is 0.000000197. The van der Waals surface area contributed by atoms with Crippen molar-refractivity contribution in [3.05, 3.63) is 97.1 Å². The first-order chi connectivity index (χ1) is 20.6. The minimum absolute atomic E-state index is 0.365. The summed E-state index contributed by atoms with van der Waals surface area (Å²) in [6, 6.07) is 33.2. The molecule has 5 rings (SSSR count). The molecule has 0 radical (unpaired) electrons. The summed E-state index contributed by atoms with van der Waals surface area (Å²) in [5, 5.41) is 33.7. The van der Waals surface area contributed by atoms with Gasteiger partial charge in [-0.3, -0.25) is 0 Å². The predicted octanol–water partition coefficient (Wildman–Crippen LogP) is 7.23. The van der Waals surface area contributed by atoms with Crippen molar-refractivity contribution in [1.29, 1.82) is 0 Å². The number of aliphatic hydroxyl groups excluding tert-OH is 2. The van der Waals surface area contributed by atoms with E-state index in [2.05, 4.69) is 73.0 Å².